The maximum absolute atomic E-state index is 5.70. The molecule has 0 amide bonds. The van der Waals surface area contributed by atoms with E-state index in [1.54, 1.807) is 0 Å². The van der Waals surface area contributed by atoms with Crippen molar-refractivity contribution in [1.82, 2.24) is 10.2 Å². The largest absolute Gasteiger partial charge is 0.316 e. The molecule has 60 valence electrons. The van der Waals surface area contributed by atoms with Gasteiger partial charge < -0.3 is 11.1 Å². The summed E-state index contributed by atoms with van der Waals surface area (Å²) in [6.07, 6.45) is 3.19. The van der Waals surface area contributed by atoms with Gasteiger partial charge in [-0.2, -0.15) is 0 Å². The molecule has 3 heteroatoms. The molecule has 0 spiro atoms. The minimum atomic E-state index is 0.163. The summed E-state index contributed by atoms with van der Waals surface area (Å²) in [6, 6.07) is 0. The summed E-state index contributed by atoms with van der Waals surface area (Å²) in [4.78, 5) is 2.17. The van der Waals surface area contributed by atoms with Crippen LogP contribution in [-0.4, -0.2) is 30.8 Å². The summed E-state index contributed by atoms with van der Waals surface area (Å²) in [7, 11) is 2.06. The molecule has 2 atom stereocenters. The molecule has 0 radical (unpaired) electrons. The van der Waals surface area contributed by atoms with Crippen molar-refractivity contribution in [2.75, 3.05) is 13.6 Å². The Kier molecular flexibility index (Phi) is 2.65. The lowest BCUT2D eigenvalue weighted by molar-refractivity contribution is 0.173. The van der Waals surface area contributed by atoms with Gasteiger partial charge in [-0.3, -0.25) is 4.90 Å². The molecule has 10 heavy (non-hydrogen) atoms. The molecule has 0 aromatic heterocycles. The van der Waals surface area contributed by atoms with Crippen LogP contribution in [0.15, 0.2) is 0 Å². The molecular weight excluding hydrogens is 126 g/mol. The van der Waals surface area contributed by atoms with E-state index in [4.69, 9.17) is 5.73 Å². The highest BCUT2D eigenvalue weighted by molar-refractivity contribution is 4.74. The van der Waals surface area contributed by atoms with Crippen LogP contribution in [0.1, 0.15) is 19.8 Å². The molecular formula is C7H17N3. The first-order chi connectivity index (χ1) is 4.72. The summed E-state index contributed by atoms with van der Waals surface area (Å²) in [5, 5.41) is 3.38. The standard InChI is InChI=1S/C7H17N3/c1-6(8)10(2)7-4-3-5-9-7/h6-7,9H,3-5,8H2,1-2H3. The predicted octanol–water partition coefficient (Wildman–Crippen LogP) is -0.0676. The summed E-state index contributed by atoms with van der Waals surface area (Å²) in [6.45, 7) is 3.15. The Morgan fingerprint density at radius 1 is 1.70 bits per heavy atom. The van der Waals surface area contributed by atoms with Gasteiger partial charge in [-0.1, -0.05) is 0 Å². The van der Waals surface area contributed by atoms with Crippen molar-refractivity contribution < 1.29 is 0 Å². The molecule has 0 aromatic carbocycles. The van der Waals surface area contributed by atoms with Crippen LogP contribution in [0.2, 0.25) is 0 Å². The summed E-state index contributed by atoms with van der Waals surface area (Å²) >= 11 is 0. The van der Waals surface area contributed by atoms with Gasteiger partial charge in [0.25, 0.3) is 0 Å². The van der Waals surface area contributed by atoms with Crippen LogP contribution in [0.3, 0.4) is 0 Å². The third-order valence-corrected chi connectivity index (χ3v) is 2.17. The first-order valence-corrected chi connectivity index (χ1v) is 3.92. The monoisotopic (exact) mass is 143 g/mol. The normalized spacial score (nSPS) is 29.4. The van der Waals surface area contributed by atoms with Gasteiger partial charge in [0.1, 0.15) is 0 Å². The third-order valence-electron chi connectivity index (χ3n) is 2.17. The Bertz CT molecular complexity index is 97.0. The van der Waals surface area contributed by atoms with E-state index in [0.29, 0.717) is 6.17 Å². The number of rotatable bonds is 2. The van der Waals surface area contributed by atoms with E-state index in [-0.39, 0.29) is 6.17 Å². The molecule has 2 unspecified atom stereocenters. The SMILES string of the molecule is CC(N)N(C)C1CCCN1. The number of hydrogen-bond donors (Lipinski definition) is 2. The van der Waals surface area contributed by atoms with E-state index in [2.05, 4.69) is 17.3 Å². The van der Waals surface area contributed by atoms with Crippen molar-refractivity contribution in [3.05, 3.63) is 0 Å². The number of nitrogens with zero attached hydrogens (tertiary/aromatic N) is 1. The minimum absolute atomic E-state index is 0.163. The van der Waals surface area contributed by atoms with Crippen LogP contribution in [0.25, 0.3) is 0 Å². The van der Waals surface area contributed by atoms with Crippen molar-refractivity contribution >= 4 is 0 Å². The number of nitrogens with one attached hydrogen (secondary N) is 1. The molecule has 1 heterocycles. The zero-order chi connectivity index (χ0) is 7.56. The Hall–Kier alpha value is -0.120. The van der Waals surface area contributed by atoms with E-state index in [0.717, 1.165) is 6.54 Å². The number of hydrogen-bond acceptors (Lipinski definition) is 3. The molecule has 1 aliphatic rings. The molecule has 1 aliphatic heterocycles. The smallest absolute Gasteiger partial charge is 0.0608 e. The van der Waals surface area contributed by atoms with Crippen LogP contribution in [0.5, 0.6) is 0 Å². The summed E-state index contributed by atoms with van der Waals surface area (Å²) in [5.41, 5.74) is 5.70. The zero-order valence-corrected chi connectivity index (χ0v) is 6.80. The highest BCUT2D eigenvalue weighted by atomic mass is 15.3. The van der Waals surface area contributed by atoms with Crippen LogP contribution in [0, 0.1) is 0 Å². The molecule has 1 saturated heterocycles. The molecule has 3 N–H and O–H groups in total. The maximum atomic E-state index is 5.70. The van der Waals surface area contributed by atoms with Crippen LogP contribution >= 0.6 is 0 Å². The predicted molar refractivity (Wildman–Crippen MR) is 42.4 cm³/mol. The maximum Gasteiger partial charge on any atom is 0.0608 e. The highest BCUT2D eigenvalue weighted by Gasteiger charge is 2.20. The van der Waals surface area contributed by atoms with Gasteiger partial charge in [-0.25, -0.2) is 0 Å². The van der Waals surface area contributed by atoms with Crippen molar-refractivity contribution in [1.29, 1.82) is 0 Å². The zero-order valence-electron chi connectivity index (χ0n) is 6.80. The van der Waals surface area contributed by atoms with E-state index < -0.39 is 0 Å². The summed E-state index contributed by atoms with van der Waals surface area (Å²) in [5.74, 6) is 0. The fourth-order valence-electron chi connectivity index (χ4n) is 1.30. The second-order valence-electron chi connectivity index (χ2n) is 3.02. The Balaban J connectivity index is 2.32. The molecule has 0 aliphatic carbocycles. The molecule has 1 rings (SSSR count). The van der Waals surface area contributed by atoms with Crippen LogP contribution in [0.4, 0.5) is 0 Å². The molecule has 0 bridgehead atoms. The lowest BCUT2D eigenvalue weighted by atomic mass is 10.3. The quantitative estimate of drug-likeness (QED) is 0.532. The fourth-order valence-corrected chi connectivity index (χ4v) is 1.30. The topological polar surface area (TPSA) is 41.3 Å². The average molecular weight is 143 g/mol. The first-order valence-electron chi connectivity index (χ1n) is 3.92. The van der Waals surface area contributed by atoms with E-state index >= 15 is 0 Å². The minimum Gasteiger partial charge on any atom is -0.316 e. The third kappa shape index (κ3) is 1.68. The van der Waals surface area contributed by atoms with Gasteiger partial charge >= 0.3 is 0 Å². The molecule has 3 nitrogen and oxygen atoms in total. The average Bonchev–Trinajstić information content (AvgIpc) is 2.36. The van der Waals surface area contributed by atoms with Gasteiger partial charge in [0.15, 0.2) is 0 Å². The first kappa shape index (κ1) is 7.98. The van der Waals surface area contributed by atoms with Gasteiger partial charge in [0.05, 0.1) is 12.3 Å². The fraction of sp³-hybridized carbons (Fsp3) is 1.00. The number of nitrogens with two attached hydrogens (primary N) is 1. The van der Waals surface area contributed by atoms with Gasteiger partial charge in [-0.15, -0.1) is 0 Å². The summed E-state index contributed by atoms with van der Waals surface area (Å²) < 4.78 is 0. The second-order valence-corrected chi connectivity index (χ2v) is 3.02. The molecule has 0 saturated carbocycles. The van der Waals surface area contributed by atoms with Crippen molar-refractivity contribution in [2.45, 2.75) is 32.1 Å². The molecule has 1 fully saturated rings. The van der Waals surface area contributed by atoms with E-state index in [1.165, 1.54) is 12.8 Å². The lowest BCUT2D eigenvalue weighted by Crippen LogP contribution is -2.47. The Labute approximate surface area is 62.6 Å². The molecule has 0 aromatic rings. The highest BCUT2D eigenvalue weighted by Crippen LogP contribution is 2.08. The van der Waals surface area contributed by atoms with Crippen LogP contribution in [-0.2, 0) is 0 Å². The van der Waals surface area contributed by atoms with Crippen molar-refractivity contribution in [3.8, 4) is 0 Å². The van der Waals surface area contributed by atoms with Crippen molar-refractivity contribution in [3.63, 3.8) is 0 Å². The van der Waals surface area contributed by atoms with E-state index in [1.807, 2.05) is 6.92 Å². The van der Waals surface area contributed by atoms with Crippen LogP contribution < -0.4 is 11.1 Å². The Morgan fingerprint density at radius 2 is 2.40 bits per heavy atom. The lowest BCUT2D eigenvalue weighted by Gasteiger charge is -2.27. The van der Waals surface area contributed by atoms with Gasteiger partial charge in [0, 0.05) is 0 Å². The van der Waals surface area contributed by atoms with Crippen molar-refractivity contribution in [2.24, 2.45) is 5.73 Å². The van der Waals surface area contributed by atoms with E-state index in [9.17, 15) is 0 Å². The van der Waals surface area contributed by atoms with Gasteiger partial charge in [-0.05, 0) is 33.4 Å². The second kappa shape index (κ2) is 3.32. The van der Waals surface area contributed by atoms with Gasteiger partial charge in [0.2, 0.25) is 0 Å². The Morgan fingerprint density at radius 3 is 2.80 bits per heavy atom.